The van der Waals surface area contributed by atoms with Gasteiger partial charge in [0.15, 0.2) is 0 Å². The highest BCUT2D eigenvalue weighted by Gasteiger charge is 2.31. The van der Waals surface area contributed by atoms with Crippen LogP contribution >= 0.6 is 15.9 Å². The number of morpholine rings is 1. The van der Waals surface area contributed by atoms with Gasteiger partial charge in [-0.3, -0.25) is 4.79 Å². The molecule has 1 fully saturated rings. The van der Waals surface area contributed by atoms with Crippen LogP contribution in [0.3, 0.4) is 0 Å². The number of hydrogen-bond acceptors (Lipinski definition) is 6. The van der Waals surface area contributed by atoms with Crippen molar-refractivity contribution in [1.29, 1.82) is 0 Å². The molecule has 0 spiro atoms. The molecular weight excluding hydrogens is 326 g/mol. The molecule has 1 aliphatic heterocycles. The summed E-state index contributed by atoms with van der Waals surface area (Å²) in [5.41, 5.74) is 5.73. The maximum absolute atomic E-state index is 12.2. The number of nitrogens with one attached hydrogen (secondary N) is 1. The first kappa shape index (κ1) is 15.0. The van der Waals surface area contributed by atoms with E-state index in [9.17, 15) is 4.79 Å². The van der Waals surface area contributed by atoms with Crippen LogP contribution in [-0.4, -0.2) is 47.7 Å². The molecule has 1 aliphatic rings. The smallest absolute Gasteiger partial charge is 0.245 e. The number of aromatic nitrogens is 2. The number of carbonyl (C=O) groups is 1. The van der Waals surface area contributed by atoms with Crippen LogP contribution in [0.1, 0.15) is 13.8 Å². The van der Waals surface area contributed by atoms with Gasteiger partial charge in [0, 0.05) is 18.7 Å². The lowest BCUT2D eigenvalue weighted by Crippen LogP contribution is -2.55. The summed E-state index contributed by atoms with van der Waals surface area (Å²) < 4.78 is 5.99. The topological polar surface area (TPSA) is 93.4 Å². The van der Waals surface area contributed by atoms with Gasteiger partial charge < -0.3 is 20.7 Å². The zero-order chi connectivity index (χ0) is 14.7. The third-order valence-electron chi connectivity index (χ3n) is 2.82. The minimum Gasteiger partial charge on any atom is -0.383 e. The highest BCUT2D eigenvalue weighted by Crippen LogP contribution is 2.20. The van der Waals surface area contributed by atoms with Gasteiger partial charge in [0.1, 0.15) is 16.5 Å². The molecule has 2 rings (SSSR count). The Morgan fingerprint density at radius 1 is 1.60 bits per heavy atom. The second kappa shape index (κ2) is 6.36. The van der Waals surface area contributed by atoms with E-state index in [0.717, 1.165) is 0 Å². The summed E-state index contributed by atoms with van der Waals surface area (Å²) >= 11 is 3.29. The summed E-state index contributed by atoms with van der Waals surface area (Å²) in [6.45, 7) is 5.22. The van der Waals surface area contributed by atoms with Crippen molar-refractivity contribution in [2.75, 3.05) is 30.4 Å². The number of anilines is 2. The van der Waals surface area contributed by atoms with E-state index in [-0.39, 0.29) is 11.9 Å². The maximum atomic E-state index is 12.2. The Balaban J connectivity index is 2.24. The van der Waals surface area contributed by atoms with Crippen LogP contribution in [0.4, 0.5) is 11.8 Å². The lowest BCUT2D eigenvalue weighted by Gasteiger charge is -2.35. The van der Waals surface area contributed by atoms with Gasteiger partial charge >= 0.3 is 0 Å². The fourth-order valence-electron chi connectivity index (χ4n) is 1.99. The van der Waals surface area contributed by atoms with Gasteiger partial charge in [0.25, 0.3) is 0 Å². The predicted molar refractivity (Wildman–Crippen MR) is 79.4 cm³/mol. The Bertz CT molecular complexity index is 476. The molecule has 110 valence electrons. The molecule has 1 unspecified atom stereocenters. The molecule has 0 saturated carbocycles. The molecule has 1 amide bonds. The lowest BCUT2D eigenvalue weighted by molar-refractivity contribution is -0.125. The summed E-state index contributed by atoms with van der Waals surface area (Å²) in [6.07, 6.45) is 0. The van der Waals surface area contributed by atoms with Gasteiger partial charge in [-0.2, -0.15) is 4.98 Å². The number of carbonyl (C=O) groups excluding carboxylic acids is 1. The molecule has 8 heteroatoms. The average Bonchev–Trinajstić information content (AvgIpc) is 2.36. The number of nitrogens with zero attached hydrogens (tertiary/aromatic N) is 3. The van der Waals surface area contributed by atoms with E-state index in [1.54, 1.807) is 6.07 Å². The number of nitrogen functional groups attached to an aromatic ring is 1. The summed E-state index contributed by atoms with van der Waals surface area (Å²) in [6, 6.07) is 1.24. The first-order chi connectivity index (χ1) is 9.47. The highest BCUT2D eigenvalue weighted by molar-refractivity contribution is 9.10. The summed E-state index contributed by atoms with van der Waals surface area (Å²) in [4.78, 5) is 22.5. The van der Waals surface area contributed by atoms with Gasteiger partial charge in [0.2, 0.25) is 11.9 Å². The Morgan fingerprint density at radius 2 is 2.35 bits per heavy atom. The standard InChI is InChI=1S/C12H18BrN5O2/c1-7(2)15-11(19)8-6-20-4-3-18(8)12-16-9(13)5-10(14)17-12/h5,7-8H,3-4,6H2,1-2H3,(H,15,19)(H2,14,16,17). The number of hydrogen-bond donors (Lipinski definition) is 2. The van der Waals surface area contributed by atoms with Gasteiger partial charge in [0.05, 0.1) is 13.2 Å². The fourth-order valence-corrected chi connectivity index (χ4v) is 2.39. The summed E-state index contributed by atoms with van der Waals surface area (Å²) in [5, 5.41) is 2.88. The summed E-state index contributed by atoms with van der Waals surface area (Å²) in [7, 11) is 0. The molecule has 0 radical (unpaired) electrons. The van der Waals surface area contributed by atoms with Crippen LogP contribution in [0.2, 0.25) is 0 Å². The van der Waals surface area contributed by atoms with Gasteiger partial charge in [-0.25, -0.2) is 4.98 Å². The van der Waals surface area contributed by atoms with Crippen LogP contribution in [0.5, 0.6) is 0 Å². The molecule has 0 aliphatic carbocycles. The normalized spacial score (nSPS) is 19.2. The molecule has 1 saturated heterocycles. The van der Waals surface area contributed by atoms with Crippen LogP contribution in [0.15, 0.2) is 10.7 Å². The number of halogens is 1. The van der Waals surface area contributed by atoms with Crippen molar-refractivity contribution in [2.24, 2.45) is 0 Å². The molecule has 3 N–H and O–H groups in total. The fraction of sp³-hybridized carbons (Fsp3) is 0.583. The lowest BCUT2D eigenvalue weighted by atomic mass is 10.2. The Hall–Kier alpha value is -1.41. The van der Waals surface area contributed by atoms with E-state index in [2.05, 4.69) is 31.2 Å². The van der Waals surface area contributed by atoms with Crippen molar-refractivity contribution >= 4 is 33.6 Å². The first-order valence-electron chi connectivity index (χ1n) is 6.42. The van der Waals surface area contributed by atoms with E-state index < -0.39 is 6.04 Å². The van der Waals surface area contributed by atoms with Crippen molar-refractivity contribution in [3.05, 3.63) is 10.7 Å². The summed E-state index contributed by atoms with van der Waals surface area (Å²) in [5.74, 6) is 0.697. The van der Waals surface area contributed by atoms with Gasteiger partial charge in [-0.15, -0.1) is 0 Å². The molecule has 2 heterocycles. The molecule has 0 bridgehead atoms. The third-order valence-corrected chi connectivity index (χ3v) is 3.23. The minimum atomic E-state index is -0.445. The van der Waals surface area contributed by atoms with E-state index in [4.69, 9.17) is 10.5 Å². The van der Waals surface area contributed by atoms with Crippen LogP contribution < -0.4 is 16.0 Å². The van der Waals surface area contributed by atoms with E-state index in [1.165, 1.54) is 0 Å². The molecular formula is C12H18BrN5O2. The minimum absolute atomic E-state index is 0.0692. The SMILES string of the molecule is CC(C)NC(=O)C1COCCN1c1nc(N)cc(Br)n1. The molecule has 7 nitrogen and oxygen atoms in total. The molecule has 20 heavy (non-hydrogen) atoms. The van der Waals surface area contributed by atoms with Gasteiger partial charge in [-0.05, 0) is 29.8 Å². The Labute approximate surface area is 126 Å². The van der Waals surface area contributed by atoms with Crippen molar-refractivity contribution in [1.82, 2.24) is 15.3 Å². The van der Waals surface area contributed by atoms with Crippen LogP contribution in [0, 0.1) is 0 Å². The Kier molecular flexibility index (Phi) is 4.77. The predicted octanol–water partition coefficient (Wildman–Crippen LogP) is 0.551. The number of amides is 1. The van der Waals surface area contributed by atoms with Crippen LogP contribution in [-0.2, 0) is 9.53 Å². The highest BCUT2D eigenvalue weighted by atomic mass is 79.9. The largest absolute Gasteiger partial charge is 0.383 e. The van der Waals surface area contributed by atoms with Crippen molar-refractivity contribution in [2.45, 2.75) is 25.9 Å². The molecule has 0 aromatic carbocycles. The van der Waals surface area contributed by atoms with Gasteiger partial charge in [-0.1, -0.05) is 0 Å². The number of nitrogens with two attached hydrogens (primary N) is 1. The average molecular weight is 344 g/mol. The van der Waals surface area contributed by atoms with Crippen LogP contribution in [0.25, 0.3) is 0 Å². The molecule has 1 atom stereocenters. The maximum Gasteiger partial charge on any atom is 0.245 e. The third kappa shape index (κ3) is 3.57. The van der Waals surface area contributed by atoms with Crippen molar-refractivity contribution in [3.63, 3.8) is 0 Å². The zero-order valence-corrected chi connectivity index (χ0v) is 13.1. The van der Waals surface area contributed by atoms with Crippen molar-refractivity contribution in [3.8, 4) is 0 Å². The monoisotopic (exact) mass is 343 g/mol. The van der Waals surface area contributed by atoms with E-state index in [1.807, 2.05) is 18.7 Å². The second-order valence-electron chi connectivity index (χ2n) is 4.86. The second-order valence-corrected chi connectivity index (χ2v) is 5.68. The van der Waals surface area contributed by atoms with Crippen molar-refractivity contribution < 1.29 is 9.53 Å². The Morgan fingerprint density at radius 3 is 3.00 bits per heavy atom. The molecule has 1 aromatic heterocycles. The number of rotatable bonds is 3. The van der Waals surface area contributed by atoms with E-state index >= 15 is 0 Å². The zero-order valence-electron chi connectivity index (χ0n) is 11.5. The quantitative estimate of drug-likeness (QED) is 0.778. The first-order valence-corrected chi connectivity index (χ1v) is 7.21. The van der Waals surface area contributed by atoms with E-state index in [0.29, 0.717) is 36.1 Å². The molecule has 1 aromatic rings. The number of ether oxygens (including phenoxy) is 1.